The molecular weight excluding hydrogens is 234 g/mol. The van der Waals surface area contributed by atoms with E-state index in [-0.39, 0.29) is 28.6 Å². The van der Waals surface area contributed by atoms with Crippen LogP contribution in [0.15, 0.2) is 0 Å². The van der Waals surface area contributed by atoms with Crippen LogP contribution in [0.3, 0.4) is 0 Å². The van der Waals surface area contributed by atoms with Gasteiger partial charge in [0.25, 0.3) is 0 Å². The molecule has 2 heteroatoms. The summed E-state index contributed by atoms with van der Waals surface area (Å²) in [5.74, 6) is 0.329. The summed E-state index contributed by atoms with van der Waals surface area (Å²) in [5, 5.41) is 0. The maximum absolute atomic E-state index is 12.1. The summed E-state index contributed by atoms with van der Waals surface area (Å²) in [6.45, 7) is 19.1. The van der Waals surface area contributed by atoms with Crippen molar-refractivity contribution in [3.05, 3.63) is 0 Å². The highest BCUT2D eigenvalue weighted by molar-refractivity contribution is 5.85. The van der Waals surface area contributed by atoms with E-state index in [0.717, 1.165) is 19.3 Å². The van der Waals surface area contributed by atoms with E-state index in [4.69, 9.17) is 5.73 Å². The van der Waals surface area contributed by atoms with E-state index in [9.17, 15) is 4.79 Å². The van der Waals surface area contributed by atoms with E-state index < -0.39 is 0 Å². The summed E-state index contributed by atoms with van der Waals surface area (Å²) in [6.07, 6.45) is 2.76. The standard InChI is InChI=1S/C15H31NO.C2H6/c1-8-9-11(2)13(17)12(16)10-15(6,7)14(3,4)5;1-2/h11-12H,8-10,16H2,1-7H3;1-2H3. The molecule has 0 aliphatic heterocycles. The third-order valence-electron chi connectivity index (χ3n) is 4.33. The minimum atomic E-state index is -0.314. The topological polar surface area (TPSA) is 43.1 Å². The summed E-state index contributed by atoms with van der Waals surface area (Å²) in [4.78, 5) is 12.1. The highest BCUT2D eigenvalue weighted by Crippen LogP contribution is 2.41. The van der Waals surface area contributed by atoms with Gasteiger partial charge in [0, 0.05) is 5.92 Å². The third-order valence-corrected chi connectivity index (χ3v) is 4.33. The quantitative estimate of drug-likeness (QED) is 0.753. The van der Waals surface area contributed by atoms with Crippen molar-refractivity contribution in [2.45, 2.75) is 87.6 Å². The van der Waals surface area contributed by atoms with Gasteiger partial charge >= 0.3 is 0 Å². The Hall–Kier alpha value is -0.370. The molecule has 0 amide bonds. The predicted molar refractivity (Wildman–Crippen MR) is 86.3 cm³/mol. The van der Waals surface area contributed by atoms with Gasteiger partial charge in [0.05, 0.1) is 6.04 Å². The van der Waals surface area contributed by atoms with Crippen molar-refractivity contribution >= 4 is 5.78 Å². The van der Waals surface area contributed by atoms with Crippen molar-refractivity contribution < 1.29 is 4.79 Å². The van der Waals surface area contributed by atoms with Gasteiger partial charge in [0.15, 0.2) is 5.78 Å². The highest BCUT2D eigenvalue weighted by Gasteiger charge is 2.36. The second-order valence-corrected chi connectivity index (χ2v) is 7.04. The molecule has 0 saturated heterocycles. The summed E-state index contributed by atoms with van der Waals surface area (Å²) in [5.41, 5.74) is 6.32. The maximum atomic E-state index is 12.1. The summed E-state index contributed by atoms with van der Waals surface area (Å²) >= 11 is 0. The molecule has 0 saturated carbocycles. The summed E-state index contributed by atoms with van der Waals surface area (Å²) in [7, 11) is 0. The van der Waals surface area contributed by atoms with E-state index in [0.29, 0.717) is 0 Å². The first-order valence-electron chi connectivity index (χ1n) is 7.82. The molecule has 0 aliphatic carbocycles. The van der Waals surface area contributed by atoms with Crippen LogP contribution in [0.25, 0.3) is 0 Å². The van der Waals surface area contributed by atoms with Gasteiger partial charge in [-0.2, -0.15) is 0 Å². The van der Waals surface area contributed by atoms with Crippen molar-refractivity contribution in [3.63, 3.8) is 0 Å². The van der Waals surface area contributed by atoms with Gasteiger partial charge < -0.3 is 5.73 Å². The lowest BCUT2D eigenvalue weighted by molar-refractivity contribution is -0.125. The number of carbonyl (C=O) groups excluding carboxylic acids is 1. The van der Waals surface area contributed by atoms with Crippen molar-refractivity contribution in [1.29, 1.82) is 0 Å². The molecule has 0 aromatic rings. The maximum Gasteiger partial charge on any atom is 0.152 e. The Morgan fingerprint density at radius 1 is 1.11 bits per heavy atom. The zero-order valence-corrected chi connectivity index (χ0v) is 14.8. The molecule has 0 bridgehead atoms. The molecule has 0 fully saturated rings. The molecule has 0 rings (SSSR count). The number of nitrogens with two attached hydrogens (primary N) is 1. The predicted octanol–water partition coefficient (Wildman–Crippen LogP) is 4.81. The van der Waals surface area contributed by atoms with Crippen molar-refractivity contribution in [2.75, 3.05) is 0 Å². The lowest BCUT2D eigenvalue weighted by Crippen LogP contribution is -2.42. The van der Waals surface area contributed by atoms with Crippen LogP contribution < -0.4 is 5.73 Å². The number of Topliss-reactive ketones (excluding diaryl/α,β-unsaturated/α-hetero) is 1. The van der Waals surface area contributed by atoms with Crippen molar-refractivity contribution in [1.82, 2.24) is 0 Å². The Kier molecular flexibility index (Phi) is 9.62. The van der Waals surface area contributed by atoms with Crippen LogP contribution in [0.1, 0.15) is 81.6 Å². The molecule has 0 aromatic carbocycles. The van der Waals surface area contributed by atoms with Gasteiger partial charge in [0.2, 0.25) is 0 Å². The SMILES string of the molecule is CC.CCCC(C)C(=O)C(N)CC(C)(C)C(C)(C)C. The number of carbonyl (C=O) groups is 1. The minimum absolute atomic E-state index is 0.0774. The van der Waals surface area contributed by atoms with Gasteiger partial charge in [-0.1, -0.05) is 68.7 Å². The molecular formula is C17H37NO. The fourth-order valence-electron chi connectivity index (χ4n) is 1.90. The molecule has 0 spiro atoms. The highest BCUT2D eigenvalue weighted by atomic mass is 16.1. The number of rotatable bonds is 6. The van der Waals surface area contributed by atoms with Crippen LogP contribution in [0, 0.1) is 16.7 Å². The molecule has 0 aromatic heterocycles. The fourth-order valence-corrected chi connectivity index (χ4v) is 1.90. The summed E-state index contributed by atoms with van der Waals surface area (Å²) in [6, 6.07) is -0.314. The minimum Gasteiger partial charge on any atom is -0.321 e. The lowest BCUT2D eigenvalue weighted by Gasteiger charge is -2.40. The second-order valence-electron chi connectivity index (χ2n) is 7.04. The van der Waals surface area contributed by atoms with Gasteiger partial charge in [0.1, 0.15) is 0 Å². The monoisotopic (exact) mass is 271 g/mol. The Labute approximate surface area is 121 Å². The largest absolute Gasteiger partial charge is 0.321 e. The van der Waals surface area contributed by atoms with Crippen molar-refractivity contribution in [2.24, 2.45) is 22.5 Å². The Balaban J connectivity index is 0. The number of ketones is 1. The normalized spacial score (nSPS) is 15.3. The first-order valence-corrected chi connectivity index (χ1v) is 7.82. The molecule has 2 unspecified atom stereocenters. The zero-order valence-electron chi connectivity index (χ0n) is 14.8. The molecule has 0 heterocycles. The van der Waals surface area contributed by atoms with Crippen LogP contribution in [-0.2, 0) is 4.79 Å². The van der Waals surface area contributed by atoms with Crippen molar-refractivity contribution in [3.8, 4) is 0 Å². The second kappa shape index (κ2) is 8.73. The molecule has 19 heavy (non-hydrogen) atoms. The van der Waals surface area contributed by atoms with Crippen LogP contribution in [0.5, 0.6) is 0 Å². The fraction of sp³-hybridized carbons (Fsp3) is 0.941. The van der Waals surface area contributed by atoms with E-state index in [2.05, 4.69) is 41.5 Å². The Morgan fingerprint density at radius 3 is 1.84 bits per heavy atom. The molecule has 116 valence electrons. The molecule has 0 aliphatic rings. The third kappa shape index (κ3) is 7.10. The number of hydrogen-bond donors (Lipinski definition) is 1. The first kappa shape index (κ1) is 20.9. The van der Waals surface area contributed by atoms with E-state index >= 15 is 0 Å². The van der Waals surface area contributed by atoms with Crippen LogP contribution in [0.2, 0.25) is 0 Å². The number of hydrogen-bond acceptors (Lipinski definition) is 2. The van der Waals surface area contributed by atoms with Crippen LogP contribution in [0.4, 0.5) is 0 Å². The van der Waals surface area contributed by atoms with Gasteiger partial charge in [-0.25, -0.2) is 0 Å². The molecule has 2 nitrogen and oxygen atoms in total. The van der Waals surface area contributed by atoms with Crippen LogP contribution >= 0.6 is 0 Å². The van der Waals surface area contributed by atoms with Gasteiger partial charge in [-0.15, -0.1) is 0 Å². The Bertz CT molecular complexity index is 250. The van der Waals surface area contributed by atoms with E-state index in [1.54, 1.807) is 0 Å². The van der Waals surface area contributed by atoms with E-state index in [1.807, 2.05) is 20.8 Å². The lowest BCUT2D eigenvalue weighted by atomic mass is 9.65. The zero-order chi connectivity index (χ0) is 15.9. The van der Waals surface area contributed by atoms with Gasteiger partial charge in [-0.3, -0.25) is 4.79 Å². The van der Waals surface area contributed by atoms with Gasteiger partial charge in [-0.05, 0) is 23.7 Å². The smallest absolute Gasteiger partial charge is 0.152 e. The summed E-state index contributed by atoms with van der Waals surface area (Å²) < 4.78 is 0. The van der Waals surface area contributed by atoms with Crippen LogP contribution in [-0.4, -0.2) is 11.8 Å². The Morgan fingerprint density at radius 2 is 1.53 bits per heavy atom. The average molecular weight is 271 g/mol. The average Bonchev–Trinajstić information content (AvgIpc) is 2.28. The molecule has 2 atom stereocenters. The molecule has 0 radical (unpaired) electrons. The first-order chi connectivity index (χ1) is 8.53. The van der Waals surface area contributed by atoms with E-state index in [1.165, 1.54) is 0 Å². The molecule has 2 N–H and O–H groups in total.